The van der Waals surface area contributed by atoms with Crippen molar-refractivity contribution in [2.24, 2.45) is 0 Å². The summed E-state index contributed by atoms with van der Waals surface area (Å²) in [5.74, 6) is -1.40. The Labute approximate surface area is 173 Å². The zero-order valence-corrected chi connectivity index (χ0v) is 16.3. The fraction of sp³-hybridized carbons (Fsp3) is 0.105. The van der Waals surface area contributed by atoms with Gasteiger partial charge in [-0.05, 0) is 25.1 Å². The van der Waals surface area contributed by atoms with Crippen molar-refractivity contribution in [1.29, 1.82) is 0 Å². The summed E-state index contributed by atoms with van der Waals surface area (Å²) in [6.45, 7) is 1.41. The molecule has 0 radical (unpaired) electrons. The number of anilines is 1. The fourth-order valence-corrected chi connectivity index (χ4v) is 3.84. The fourth-order valence-electron chi connectivity index (χ4n) is 3.12. The number of carbonyl (C=O) groups is 3. The van der Waals surface area contributed by atoms with Crippen molar-refractivity contribution in [2.45, 2.75) is 13.5 Å². The molecule has 2 heterocycles. The van der Waals surface area contributed by atoms with Crippen LogP contribution in [0.2, 0.25) is 0 Å². The van der Waals surface area contributed by atoms with E-state index in [0.717, 1.165) is 16.2 Å². The number of nitro benzene ring substituents is 1. The second kappa shape index (κ2) is 7.44. The number of carbonyl (C=O) groups excluding carboxylic acids is 3. The Morgan fingerprint density at radius 2 is 1.77 bits per heavy atom. The molecular weight excluding hydrogens is 410 g/mol. The second-order valence-electron chi connectivity index (χ2n) is 6.40. The van der Waals surface area contributed by atoms with E-state index >= 15 is 0 Å². The van der Waals surface area contributed by atoms with Gasteiger partial charge < -0.3 is 0 Å². The first kappa shape index (κ1) is 19.3. The third kappa shape index (κ3) is 3.31. The lowest BCUT2D eigenvalue weighted by atomic mass is 10.1. The van der Waals surface area contributed by atoms with E-state index in [-0.39, 0.29) is 28.5 Å². The number of fused-ring (bicyclic) bond motifs is 1. The minimum atomic E-state index is -0.570. The summed E-state index contributed by atoms with van der Waals surface area (Å²) in [7, 11) is 0. The van der Waals surface area contributed by atoms with Crippen LogP contribution in [0.1, 0.15) is 41.6 Å². The normalized spacial score (nSPS) is 12.8. The van der Waals surface area contributed by atoms with Crippen molar-refractivity contribution < 1.29 is 19.3 Å². The van der Waals surface area contributed by atoms with Crippen LogP contribution in [0, 0.1) is 17.0 Å². The molecule has 0 unspecified atom stereocenters. The van der Waals surface area contributed by atoms with E-state index in [2.05, 4.69) is 15.5 Å². The number of nitrogens with one attached hydrogen (secondary N) is 1. The third-order valence-corrected chi connectivity index (χ3v) is 5.43. The first-order valence-electron chi connectivity index (χ1n) is 8.69. The molecule has 0 fully saturated rings. The van der Waals surface area contributed by atoms with Gasteiger partial charge in [-0.1, -0.05) is 29.5 Å². The predicted molar refractivity (Wildman–Crippen MR) is 106 cm³/mol. The maximum absolute atomic E-state index is 12.5. The molecule has 0 saturated heterocycles. The lowest BCUT2D eigenvalue weighted by Gasteiger charge is -2.10. The van der Waals surface area contributed by atoms with Gasteiger partial charge in [0.25, 0.3) is 23.4 Å². The van der Waals surface area contributed by atoms with E-state index in [9.17, 15) is 24.5 Å². The van der Waals surface area contributed by atoms with Crippen molar-refractivity contribution in [3.63, 3.8) is 0 Å². The molecule has 2 aromatic carbocycles. The molecule has 1 N–H and O–H groups in total. The molecule has 0 bridgehead atoms. The number of rotatable bonds is 5. The summed E-state index contributed by atoms with van der Waals surface area (Å²) in [5.41, 5.74) is 0.881. The molecular formula is C19H13N5O5S. The highest BCUT2D eigenvalue weighted by Gasteiger charge is 2.35. The number of imide groups is 1. The molecule has 3 amide bonds. The first-order valence-corrected chi connectivity index (χ1v) is 9.51. The number of amides is 3. The van der Waals surface area contributed by atoms with Crippen molar-refractivity contribution >= 4 is 39.9 Å². The molecule has 1 aromatic heterocycles. The maximum Gasteiger partial charge on any atom is 0.273 e. The van der Waals surface area contributed by atoms with Crippen LogP contribution in [0.25, 0.3) is 0 Å². The molecule has 4 rings (SSSR count). The van der Waals surface area contributed by atoms with E-state index < -0.39 is 22.6 Å². The zero-order valence-electron chi connectivity index (χ0n) is 15.5. The smallest absolute Gasteiger partial charge is 0.273 e. The van der Waals surface area contributed by atoms with Crippen LogP contribution in [-0.2, 0) is 6.54 Å². The highest BCUT2D eigenvalue weighted by Crippen LogP contribution is 2.27. The van der Waals surface area contributed by atoms with Gasteiger partial charge in [0, 0.05) is 17.2 Å². The Bertz CT molecular complexity index is 1190. The number of benzene rings is 2. The second-order valence-corrected chi connectivity index (χ2v) is 7.47. The SMILES string of the molecule is Cc1c(C(=O)Nc2nnc(CN3C(=O)c4ccccc4C3=O)s2)cccc1[N+](=O)[O-]. The van der Waals surface area contributed by atoms with Gasteiger partial charge in [-0.15, -0.1) is 10.2 Å². The van der Waals surface area contributed by atoms with E-state index in [1.165, 1.54) is 25.1 Å². The molecule has 0 spiro atoms. The summed E-state index contributed by atoms with van der Waals surface area (Å²) in [6, 6.07) is 10.7. The molecule has 1 aliphatic heterocycles. The Balaban J connectivity index is 1.49. The van der Waals surface area contributed by atoms with Crippen LogP contribution in [0.3, 0.4) is 0 Å². The monoisotopic (exact) mass is 423 g/mol. The van der Waals surface area contributed by atoms with E-state index in [0.29, 0.717) is 16.1 Å². The van der Waals surface area contributed by atoms with Crippen molar-refractivity contribution in [3.8, 4) is 0 Å². The Kier molecular flexibility index (Phi) is 4.80. The zero-order chi connectivity index (χ0) is 21.4. The number of nitrogens with zero attached hydrogens (tertiary/aromatic N) is 4. The molecule has 3 aromatic rings. The topological polar surface area (TPSA) is 135 Å². The number of hydrogen-bond donors (Lipinski definition) is 1. The van der Waals surface area contributed by atoms with Crippen LogP contribution in [0.4, 0.5) is 10.8 Å². The van der Waals surface area contributed by atoms with Crippen LogP contribution in [0.15, 0.2) is 42.5 Å². The lowest BCUT2D eigenvalue weighted by Crippen LogP contribution is -2.29. The van der Waals surface area contributed by atoms with Crippen molar-refractivity contribution in [2.75, 3.05) is 5.32 Å². The summed E-state index contributed by atoms with van der Waals surface area (Å²) in [5, 5.41) is 21.9. The predicted octanol–water partition coefficient (Wildman–Crippen LogP) is 2.80. The average Bonchev–Trinajstić information content (AvgIpc) is 3.26. The van der Waals surface area contributed by atoms with Crippen molar-refractivity contribution in [3.05, 3.63) is 79.8 Å². The standard InChI is InChI=1S/C19H13N5O5S/c1-10-11(7-4-8-14(10)24(28)29)16(25)20-19-22-21-15(30-19)9-23-17(26)12-5-2-3-6-13(12)18(23)27/h2-8H,9H2,1H3,(H,20,22,25). The highest BCUT2D eigenvalue weighted by atomic mass is 32.1. The minimum Gasteiger partial charge on any atom is -0.296 e. The van der Waals surface area contributed by atoms with Gasteiger partial charge in [0.05, 0.1) is 22.6 Å². The molecule has 0 atom stereocenters. The van der Waals surface area contributed by atoms with E-state index in [1.54, 1.807) is 24.3 Å². The Morgan fingerprint density at radius 3 is 2.40 bits per heavy atom. The molecule has 0 saturated carbocycles. The van der Waals surface area contributed by atoms with Gasteiger partial charge in [0.2, 0.25) is 5.13 Å². The van der Waals surface area contributed by atoms with Gasteiger partial charge in [-0.25, -0.2) is 0 Å². The van der Waals surface area contributed by atoms with Crippen molar-refractivity contribution in [1.82, 2.24) is 15.1 Å². The molecule has 30 heavy (non-hydrogen) atoms. The summed E-state index contributed by atoms with van der Waals surface area (Å²) >= 11 is 1.01. The van der Waals surface area contributed by atoms with Gasteiger partial charge in [0.1, 0.15) is 5.01 Å². The van der Waals surface area contributed by atoms with Crippen LogP contribution in [-0.4, -0.2) is 37.7 Å². The van der Waals surface area contributed by atoms with E-state index in [1.807, 2.05) is 0 Å². The molecule has 11 heteroatoms. The Hall–Kier alpha value is -3.99. The van der Waals surface area contributed by atoms with E-state index in [4.69, 9.17) is 0 Å². The first-order chi connectivity index (χ1) is 14.4. The van der Waals surface area contributed by atoms with Crippen LogP contribution in [0.5, 0.6) is 0 Å². The average molecular weight is 423 g/mol. The van der Waals surface area contributed by atoms with Gasteiger partial charge in [-0.3, -0.25) is 34.7 Å². The third-order valence-electron chi connectivity index (χ3n) is 4.61. The van der Waals surface area contributed by atoms with Crippen LogP contribution >= 0.6 is 11.3 Å². The molecule has 1 aliphatic rings. The number of aromatic nitrogens is 2. The maximum atomic E-state index is 12.5. The lowest BCUT2D eigenvalue weighted by molar-refractivity contribution is -0.385. The number of nitro groups is 1. The summed E-state index contributed by atoms with van der Waals surface area (Å²) in [4.78, 5) is 49.0. The molecule has 0 aliphatic carbocycles. The highest BCUT2D eigenvalue weighted by molar-refractivity contribution is 7.15. The quantitative estimate of drug-likeness (QED) is 0.379. The van der Waals surface area contributed by atoms with Crippen LogP contribution < -0.4 is 5.32 Å². The minimum absolute atomic E-state index is 0.0737. The van der Waals surface area contributed by atoms with Gasteiger partial charge in [0.15, 0.2) is 0 Å². The number of hydrogen-bond acceptors (Lipinski definition) is 8. The van der Waals surface area contributed by atoms with Gasteiger partial charge >= 0.3 is 0 Å². The van der Waals surface area contributed by atoms with Gasteiger partial charge in [-0.2, -0.15) is 0 Å². The molecule has 150 valence electrons. The summed E-state index contributed by atoms with van der Waals surface area (Å²) < 4.78 is 0. The molecule has 10 nitrogen and oxygen atoms in total. The Morgan fingerprint density at radius 1 is 1.10 bits per heavy atom. The summed E-state index contributed by atoms with van der Waals surface area (Å²) in [6.07, 6.45) is 0. The largest absolute Gasteiger partial charge is 0.296 e.